The van der Waals surface area contributed by atoms with Gasteiger partial charge in [-0.1, -0.05) is 31.1 Å². The van der Waals surface area contributed by atoms with Crippen LogP contribution in [0.3, 0.4) is 0 Å². The number of nitrogens with one attached hydrogen (secondary N) is 1. The molecule has 2 amide bonds. The van der Waals surface area contributed by atoms with Gasteiger partial charge in [-0.3, -0.25) is 9.78 Å². The minimum Gasteiger partial charge on any atom is -0.409 e. The van der Waals surface area contributed by atoms with E-state index in [0.717, 1.165) is 24.0 Å². The third-order valence-corrected chi connectivity index (χ3v) is 5.75. The van der Waals surface area contributed by atoms with Crippen molar-refractivity contribution in [1.82, 2.24) is 15.2 Å². The van der Waals surface area contributed by atoms with Gasteiger partial charge < -0.3 is 15.0 Å². The molecule has 9 heteroatoms. The molecule has 2 aromatic rings. The van der Waals surface area contributed by atoms with E-state index in [2.05, 4.69) is 10.3 Å². The maximum atomic E-state index is 13.2. The molecule has 2 heterocycles. The SMILES string of the molecule is O=C(NCCC1CC1)Oc1ccc(C2=CCN(C(=O)c3ccccc3C(F)(F)F)CC2)nc1. The molecular weight excluding hydrogens is 435 g/mol. The van der Waals surface area contributed by atoms with Crippen molar-refractivity contribution in [2.75, 3.05) is 19.6 Å². The van der Waals surface area contributed by atoms with Crippen LogP contribution >= 0.6 is 0 Å². The van der Waals surface area contributed by atoms with Crippen LogP contribution in [0.2, 0.25) is 0 Å². The van der Waals surface area contributed by atoms with Crippen molar-refractivity contribution >= 4 is 17.6 Å². The fraction of sp³-hybridized carbons (Fsp3) is 0.375. The fourth-order valence-corrected chi connectivity index (χ4v) is 3.73. The van der Waals surface area contributed by atoms with Crippen LogP contribution in [0.15, 0.2) is 48.7 Å². The van der Waals surface area contributed by atoms with Crippen LogP contribution in [0, 0.1) is 5.92 Å². The lowest BCUT2D eigenvalue weighted by Crippen LogP contribution is -2.35. The number of benzene rings is 1. The Labute approximate surface area is 189 Å². The van der Waals surface area contributed by atoms with Crippen LogP contribution in [0.25, 0.3) is 5.57 Å². The Bertz CT molecular complexity index is 1050. The molecular formula is C24H24F3N3O3. The minimum absolute atomic E-state index is 0.184. The van der Waals surface area contributed by atoms with Crippen molar-refractivity contribution in [1.29, 1.82) is 0 Å². The second-order valence-electron chi connectivity index (χ2n) is 8.20. The maximum absolute atomic E-state index is 13.2. The number of pyridine rings is 1. The van der Waals surface area contributed by atoms with E-state index < -0.39 is 23.7 Å². The summed E-state index contributed by atoms with van der Waals surface area (Å²) in [5.41, 5.74) is 0.262. The summed E-state index contributed by atoms with van der Waals surface area (Å²) in [5, 5.41) is 2.71. The first kappa shape index (κ1) is 22.8. The Morgan fingerprint density at radius 1 is 1.15 bits per heavy atom. The first-order valence-electron chi connectivity index (χ1n) is 10.9. The van der Waals surface area contributed by atoms with E-state index >= 15 is 0 Å². The highest BCUT2D eigenvalue weighted by Gasteiger charge is 2.36. The molecule has 1 fully saturated rings. The molecule has 0 atom stereocenters. The average Bonchev–Trinajstić information content (AvgIpc) is 3.63. The van der Waals surface area contributed by atoms with Crippen LogP contribution in [-0.4, -0.2) is 41.5 Å². The summed E-state index contributed by atoms with van der Waals surface area (Å²) in [7, 11) is 0. The molecule has 174 valence electrons. The van der Waals surface area contributed by atoms with E-state index in [0.29, 0.717) is 24.4 Å². The monoisotopic (exact) mass is 459 g/mol. The van der Waals surface area contributed by atoms with Gasteiger partial charge in [0, 0.05) is 19.6 Å². The molecule has 0 unspecified atom stereocenters. The Balaban J connectivity index is 1.34. The number of hydrogen-bond donors (Lipinski definition) is 1. The summed E-state index contributed by atoms with van der Waals surface area (Å²) in [6.07, 6.45) is 1.99. The number of carbonyl (C=O) groups is 2. The fourth-order valence-electron chi connectivity index (χ4n) is 3.73. The number of rotatable bonds is 6. The molecule has 1 aliphatic heterocycles. The predicted molar refractivity (Wildman–Crippen MR) is 116 cm³/mol. The molecule has 4 rings (SSSR count). The van der Waals surface area contributed by atoms with E-state index in [-0.39, 0.29) is 18.7 Å². The van der Waals surface area contributed by atoms with Crippen molar-refractivity contribution in [2.24, 2.45) is 5.92 Å². The van der Waals surface area contributed by atoms with E-state index in [1.165, 1.54) is 42.1 Å². The molecule has 0 spiro atoms. The minimum atomic E-state index is -4.59. The Kier molecular flexibility index (Phi) is 6.67. The number of ether oxygens (including phenoxy) is 1. The zero-order valence-corrected chi connectivity index (χ0v) is 17.9. The average molecular weight is 459 g/mol. The quantitative estimate of drug-likeness (QED) is 0.666. The summed E-state index contributed by atoms with van der Waals surface area (Å²) in [6.45, 7) is 1.05. The van der Waals surface area contributed by atoms with Crippen LogP contribution in [-0.2, 0) is 6.18 Å². The lowest BCUT2D eigenvalue weighted by Gasteiger charge is -2.27. The molecule has 0 bridgehead atoms. The zero-order valence-electron chi connectivity index (χ0n) is 17.9. The largest absolute Gasteiger partial charge is 0.417 e. The van der Waals surface area contributed by atoms with Gasteiger partial charge in [0.2, 0.25) is 0 Å². The molecule has 6 nitrogen and oxygen atoms in total. The second-order valence-corrected chi connectivity index (χ2v) is 8.20. The van der Waals surface area contributed by atoms with Gasteiger partial charge in [-0.05, 0) is 48.6 Å². The van der Waals surface area contributed by atoms with Crippen LogP contribution in [0.5, 0.6) is 5.75 Å². The molecule has 1 aromatic heterocycles. The van der Waals surface area contributed by atoms with Crippen LogP contribution in [0.4, 0.5) is 18.0 Å². The third kappa shape index (κ3) is 5.91. The smallest absolute Gasteiger partial charge is 0.409 e. The number of hydrogen-bond acceptors (Lipinski definition) is 4. The lowest BCUT2D eigenvalue weighted by molar-refractivity contribution is -0.138. The summed E-state index contributed by atoms with van der Waals surface area (Å²) in [4.78, 5) is 30.2. The summed E-state index contributed by atoms with van der Waals surface area (Å²) < 4.78 is 44.9. The van der Waals surface area contributed by atoms with E-state index in [1.54, 1.807) is 18.2 Å². The van der Waals surface area contributed by atoms with Crippen LogP contribution in [0.1, 0.15) is 47.3 Å². The Morgan fingerprint density at radius 2 is 1.94 bits per heavy atom. The number of nitrogens with zero attached hydrogens (tertiary/aromatic N) is 2. The van der Waals surface area contributed by atoms with E-state index in [1.807, 2.05) is 0 Å². The predicted octanol–water partition coefficient (Wildman–Crippen LogP) is 4.92. The number of aromatic nitrogens is 1. The van der Waals surface area contributed by atoms with Crippen molar-refractivity contribution in [3.63, 3.8) is 0 Å². The third-order valence-electron chi connectivity index (χ3n) is 5.75. The van der Waals surface area contributed by atoms with E-state index in [9.17, 15) is 22.8 Å². The highest BCUT2D eigenvalue weighted by molar-refractivity contribution is 5.96. The van der Waals surface area contributed by atoms with Gasteiger partial charge in [0.1, 0.15) is 0 Å². The molecule has 1 aromatic carbocycles. The Hall–Kier alpha value is -3.36. The molecule has 1 N–H and O–H groups in total. The molecule has 1 aliphatic carbocycles. The first-order valence-corrected chi connectivity index (χ1v) is 10.9. The molecule has 0 radical (unpaired) electrons. The van der Waals surface area contributed by atoms with Gasteiger partial charge >= 0.3 is 12.3 Å². The van der Waals surface area contributed by atoms with Crippen molar-refractivity contribution in [3.05, 3.63) is 65.5 Å². The van der Waals surface area contributed by atoms with Crippen molar-refractivity contribution in [2.45, 2.75) is 31.9 Å². The Morgan fingerprint density at radius 3 is 2.58 bits per heavy atom. The molecule has 2 aliphatic rings. The normalized spacial score (nSPS) is 16.2. The molecule has 33 heavy (non-hydrogen) atoms. The van der Waals surface area contributed by atoms with Gasteiger partial charge in [0.05, 0.1) is 23.0 Å². The van der Waals surface area contributed by atoms with Gasteiger partial charge in [-0.15, -0.1) is 0 Å². The van der Waals surface area contributed by atoms with Gasteiger partial charge in [0.25, 0.3) is 5.91 Å². The number of amides is 2. The topological polar surface area (TPSA) is 71.5 Å². The van der Waals surface area contributed by atoms with Gasteiger partial charge in [-0.2, -0.15) is 13.2 Å². The van der Waals surface area contributed by atoms with Crippen LogP contribution < -0.4 is 10.1 Å². The van der Waals surface area contributed by atoms with Crippen molar-refractivity contribution < 1.29 is 27.5 Å². The summed E-state index contributed by atoms with van der Waals surface area (Å²) >= 11 is 0. The standard InChI is InChI=1S/C24H24F3N3O3/c25-24(26,27)20-4-2-1-3-19(20)22(31)30-13-10-17(11-14-30)21-8-7-18(15-29-21)33-23(32)28-12-9-16-5-6-16/h1-4,7-8,10,15-16H,5-6,9,11-14H2,(H,28,32). The lowest BCUT2D eigenvalue weighted by atomic mass is 10.0. The molecule has 0 saturated heterocycles. The number of halogens is 3. The van der Waals surface area contributed by atoms with Crippen molar-refractivity contribution in [3.8, 4) is 5.75 Å². The second kappa shape index (κ2) is 9.64. The van der Waals surface area contributed by atoms with Gasteiger partial charge in [0.15, 0.2) is 5.75 Å². The zero-order chi connectivity index (χ0) is 23.4. The highest BCUT2D eigenvalue weighted by Crippen LogP contribution is 2.33. The first-order chi connectivity index (χ1) is 15.8. The highest BCUT2D eigenvalue weighted by atomic mass is 19.4. The number of carbonyl (C=O) groups excluding carboxylic acids is 2. The van der Waals surface area contributed by atoms with E-state index in [4.69, 9.17) is 4.74 Å². The summed E-state index contributed by atoms with van der Waals surface area (Å²) in [5.74, 6) is 0.392. The molecule has 1 saturated carbocycles. The summed E-state index contributed by atoms with van der Waals surface area (Å²) in [6, 6.07) is 8.17. The maximum Gasteiger partial charge on any atom is 0.417 e. The number of alkyl halides is 3. The van der Waals surface area contributed by atoms with Gasteiger partial charge in [-0.25, -0.2) is 4.79 Å².